The van der Waals surface area contributed by atoms with E-state index in [2.05, 4.69) is 0 Å². The van der Waals surface area contributed by atoms with Crippen molar-refractivity contribution in [2.45, 2.75) is 58.7 Å². The molecule has 3 atom stereocenters. The van der Waals surface area contributed by atoms with Gasteiger partial charge in [0, 0.05) is 0 Å². The van der Waals surface area contributed by atoms with Crippen LogP contribution in [-0.4, -0.2) is 37.9 Å². The van der Waals surface area contributed by atoms with E-state index < -0.39 is 11.4 Å². The third-order valence-electron chi connectivity index (χ3n) is 5.60. The molecule has 1 aromatic rings. The Morgan fingerprint density at radius 3 is 2.63 bits per heavy atom. The first kappa shape index (κ1) is 19.7. The number of esters is 2. The molecule has 0 radical (unpaired) electrons. The molecule has 1 aliphatic carbocycles. The highest BCUT2D eigenvalue weighted by atomic mass is 16.6. The molecule has 148 valence electrons. The van der Waals surface area contributed by atoms with Crippen LogP contribution in [0.2, 0.25) is 0 Å². The molecule has 1 saturated carbocycles. The molecule has 0 aromatic heterocycles. The molecule has 1 heterocycles. The largest absolute Gasteiger partial charge is 0.493 e. The molecule has 2 aliphatic rings. The highest BCUT2D eigenvalue weighted by molar-refractivity contribution is 5.90. The normalized spacial score (nSPS) is 23.9. The quantitative estimate of drug-likeness (QED) is 0.410. The van der Waals surface area contributed by atoms with Crippen LogP contribution in [0.25, 0.3) is 0 Å². The van der Waals surface area contributed by atoms with Gasteiger partial charge in [-0.05, 0) is 63.6 Å². The van der Waals surface area contributed by atoms with Gasteiger partial charge in [0.25, 0.3) is 0 Å². The van der Waals surface area contributed by atoms with E-state index in [1.54, 1.807) is 18.2 Å². The average Bonchev–Trinajstić information content (AvgIpc) is 3.45. The van der Waals surface area contributed by atoms with Crippen LogP contribution in [0.5, 0.6) is 11.5 Å². The standard InChI is InChI=1S/C21H28O6/c1-5-21(2,3)20(23)27-15-9-7-14(11-17(15)24-4)19(22)25-12-13-6-8-16-18(10-13)26-16/h7,9,11,13,16,18H,5-6,8,10,12H2,1-4H3. The molecule has 6 nitrogen and oxygen atoms in total. The zero-order chi connectivity index (χ0) is 19.6. The SMILES string of the molecule is CCC(C)(C)C(=O)Oc1ccc(C(=O)OCC2CCC3OC3C2)cc1OC. The van der Waals surface area contributed by atoms with E-state index >= 15 is 0 Å². The second kappa shape index (κ2) is 7.89. The summed E-state index contributed by atoms with van der Waals surface area (Å²) in [4.78, 5) is 24.6. The number of benzene rings is 1. The van der Waals surface area contributed by atoms with Gasteiger partial charge in [-0.15, -0.1) is 0 Å². The second-order valence-corrected chi connectivity index (χ2v) is 7.98. The second-order valence-electron chi connectivity index (χ2n) is 7.98. The first-order valence-corrected chi connectivity index (χ1v) is 9.57. The van der Waals surface area contributed by atoms with E-state index in [4.69, 9.17) is 18.9 Å². The maximum absolute atomic E-state index is 12.4. The van der Waals surface area contributed by atoms with E-state index in [0.29, 0.717) is 48.2 Å². The van der Waals surface area contributed by atoms with Crippen molar-refractivity contribution in [1.82, 2.24) is 0 Å². The van der Waals surface area contributed by atoms with Crippen LogP contribution < -0.4 is 9.47 Å². The molecule has 1 saturated heterocycles. The molecular formula is C21H28O6. The Morgan fingerprint density at radius 2 is 1.96 bits per heavy atom. The fourth-order valence-corrected chi connectivity index (χ4v) is 3.18. The summed E-state index contributed by atoms with van der Waals surface area (Å²) in [6.07, 6.45) is 4.50. The van der Waals surface area contributed by atoms with Crippen molar-refractivity contribution < 1.29 is 28.5 Å². The molecule has 0 bridgehead atoms. The Bertz CT molecular complexity index is 711. The van der Waals surface area contributed by atoms with Crippen LogP contribution in [0.1, 0.15) is 56.8 Å². The topological polar surface area (TPSA) is 74.4 Å². The summed E-state index contributed by atoms with van der Waals surface area (Å²) in [7, 11) is 1.47. The number of methoxy groups -OCH3 is 1. The third-order valence-corrected chi connectivity index (χ3v) is 5.60. The van der Waals surface area contributed by atoms with Crippen LogP contribution >= 0.6 is 0 Å². The summed E-state index contributed by atoms with van der Waals surface area (Å²) in [5.41, 5.74) is -0.217. The fourth-order valence-electron chi connectivity index (χ4n) is 3.18. The van der Waals surface area contributed by atoms with Crippen molar-refractivity contribution in [2.24, 2.45) is 11.3 Å². The summed E-state index contributed by atoms with van der Waals surface area (Å²) in [6.45, 7) is 5.98. The predicted molar refractivity (Wildman–Crippen MR) is 99.0 cm³/mol. The molecule has 3 rings (SSSR count). The Labute approximate surface area is 160 Å². The van der Waals surface area contributed by atoms with Crippen LogP contribution in [0.4, 0.5) is 0 Å². The summed E-state index contributed by atoms with van der Waals surface area (Å²) in [5.74, 6) is 0.243. The minimum absolute atomic E-state index is 0.296. The molecular weight excluding hydrogens is 348 g/mol. The molecule has 2 fully saturated rings. The Balaban J connectivity index is 1.60. The van der Waals surface area contributed by atoms with Gasteiger partial charge in [0.05, 0.1) is 36.9 Å². The van der Waals surface area contributed by atoms with Crippen molar-refractivity contribution in [2.75, 3.05) is 13.7 Å². The van der Waals surface area contributed by atoms with Crippen molar-refractivity contribution in [3.05, 3.63) is 23.8 Å². The summed E-state index contributed by atoms with van der Waals surface area (Å²) >= 11 is 0. The maximum Gasteiger partial charge on any atom is 0.338 e. The van der Waals surface area contributed by atoms with Crippen LogP contribution in [0.3, 0.4) is 0 Å². The van der Waals surface area contributed by atoms with Crippen molar-refractivity contribution in [3.8, 4) is 11.5 Å². The Kier molecular flexibility index (Phi) is 5.75. The third kappa shape index (κ3) is 4.61. The van der Waals surface area contributed by atoms with Crippen molar-refractivity contribution >= 4 is 11.9 Å². The maximum atomic E-state index is 12.4. The average molecular weight is 376 g/mol. The van der Waals surface area contributed by atoms with Crippen LogP contribution in [0, 0.1) is 11.3 Å². The zero-order valence-corrected chi connectivity index (χ0v) is 16.4. The van der Waals surface area contributed by atoms with Gasteiger partial charge in [-0.1, -0.05) is 6.92 Å². The number of ether oxygens (including phenoxy) is 4. The highest BCUT2D eigenvalue weighted by Gasteiger charge is 2.44. The first-order chi connectivity index (χ1) is 12.8. The van der Waals surface area contributed by atoms with Gasteiger partial charge >= 0.3 is 11.9 Å². The molecule has 1 aliphatic heterocycles. The van der Waals surface area contributed by atoms with E-state index in [-0.39, 0.29) is 5.97 Å². The summed E-state index contributed by atoms with van der Waals surface area (Å²) < 4.78 is 21.7. The molecule has 0 amide bonds. The summed E-state index contributed by atoms with van der Waals surface area (Å²) in [6, 6.07) is 4.71. The number of hydrogen-bond acceptors (Lipinski definition) is 6. The van der Waals surface area contributed by atoms with Gasteiger partial charge in [-0.2, -0.15) is 0 Å². The smallest absolute Gasteiger partial charge is 0.338 e. The number of hydrogen-bond donors (Lipinski definition) is 0. The Morgan fingerprint density at radius 1 is 1.19 bits per heavy atom. The number of epoxide rings is 1. The van der Waals surface area contributed by atoms with Gasteiger partial charge < -0.3 is 18.9 Å². The van der Waals surface area contributed by atoms with Gasteiger partial charge in [0.2, 0.25) is 0 Å². The van der Waals surface area contributed by atoms with Crippen molar-refractivity contribution in [3.63, 3.8) is 0 Å². The van der Waals surface area contributed by atoms with Gasteiger partial charge in [-0.3, -0.25) is 4.79 Å². The van der Waals surface area contributed by atoms with E-state index in [0.717, 1.165) is 19.3 Å². The highest BCUT2D eigenvalue weighted by Crippen LogP contribution is 2.39. The minimum atomic E-state index is -0.590. The van der Waals surface area contributed by atoms with Crippen LogP contribution in [-0.2, 0) is 14.3 Å². The van der Waals surface area contributed by atoms with Gasteiger partial charge in [-0.25, -0.2) is 4.79 Å². The number of carbonyl (C=O) groups excluding carboxylic acids is 2. The molecule has 3 unspecified atom stereocenters. The van der Waals surface area contributed by atoms with Gasteiger partial charge in [0.1, 0.15) is 0 Å². The lowest BCUT2D eigenvalue weighted by Crippen LogP contribution is -2.28. The molecule has 6 heteroatoms. The molecule has 0 spiro atoms. The number of rotatable bonds is 7. The molecule has 1 aromatic carbocycles. The monoisotopic (exact) mass is 376 g/mol. The lowest BCUT2D eigenvalue weighted by molar-refractivity contribution is -0.144. The molecule has 0 N–H and O–H groups in total. The lowest BCUT2D eigenvalue weighted by atomic mass is 9.90. The van der Waals surface area contributed by atoms with Crippen LogP contribution in [0.15, 0.2) is 18.2 Å². The minimum Gasteiger partial charge on any atom is -0.493 e. The first-order valence-electron chi connectivity index (χ1n) is 9.57. The number of fused-ring (bicyclic) bond motifs is 1. The zero-order valence-electron chi connectivity index (χ0n) is 16.4. The number of carbonyl (C=O) groups is 2. The van der Waals surface area contributed by atoms with E-state index in [9.17, 15) is 9.59 Å². The van der Waals surface area contributed by atoms with E-state index in [1.807, 2.05) is 20.8 Å². The summed E-state index contributed by atoms with van der Waals surface area (Å²) in [5, 5.41) is 0. The molecule has 27 heavy (non-hydrogen) atoms. The Hall–Kier alpha value is -2.08. The van der Waals surface area contributed by atoms with E-state index in [1.165, 1.54) is 7.11 Å². The predicted octanol–water partition coefficient (Wildman–Crippen LogP) is 3.76. The van der Waals surface area contributed by atoms with Crippen molar-refractivity contribution in [1.29, 1.82) is 0 Å². The lowest BCUT2D eigenvalue weighted by Gasteiger charge is -2.21. The fraction of sp³-hybridized carbons (Fsp3) is 0.619. The van der Waals surface area contributed by atoms with Gasteiger partial charge in [0.15, 0.2) is 11.5 Å².